The zero-order valence-corrected chi connectivity index (χ0v) is 10.3. The lowest BCUT2D eigenvalue weighted by molar-refractivity contribution is -0.120. The Balaban J connectivity index is 2.53. The number of amides is 1. The molecule has 0 saturated carbocycles. The molecule has 2 N–H and O–H groups in total. The van der Waals surface area contributed by atoms with Crippen LogP contribution in [0.25, 0.3) is 0 Å². The van der Waals surface area contributed by atoms with E-state index in [0.29, 0.717) is 13.0 Å². The first-order valence-electron chi connectivity index (χ1n) is 5.67. The molecule has 0 aliphatic heterocycles. The van der Waals surface area contributed by atoms with Crippen LogP contribution in [0.15, 0.2) is 24.3 Å². The summed E-state index contributed by atoms with van der Waals surface area (Å²) in [6.07, 6.45) is 0.633. The Morgan fingerprint density at radius 2 is 2.06 bits per heavy atom. The molecule has 17 heavy (non-hydrogen) atoms. The first-order valence-corrected chi connectivity index (χ1v) is 5.67. The van der Waals surface area contributed by atoms with Crippen molar-refractivity contribution in [2.24, 2.45) is 5.92 Å². The first-order chi connectivity index (χ1) is 8.17. The van der Waals surface area contributed by atoms with Crippen molar-refractivity contribution in [3.63, 3.8) is 0 Å². The maximum absolute atomic E-state index is 11.7. The van der Waals surface area contributed by atoms with E-state index >= 15 is 0 Å². The van der Waals surface area contributed by atoms with Crippen molar-refractivity contribution >= 4 is 11.6 Å². The highest BCUT2D eigenvalue weighted by Gasteiger charge is 2.12. The first kappa shape index (κ1) is 13.7. The standard InChI is InChI=1S/C13H19NO3/c1-10(9-17-2)13(16)14-12-5-3-11(4-6-12)7-8-15/h3-6,10,15H,7-9H2,1-2H3,(H,14,16)/t10-/m1/s1. The van der Waals surface area contributed by atoms with Crippen LogP contribution in [0.5, 0.6) is 0 Å². The average molecular weight is 237 g/mol. The predicted molar refractivity (Wildman–Crippen MR) is 66.9 cm³/mol. The minimum absolute atomic E-state index is 0.0539. The van der Waals surface area contributed by atoms with Crippen molar-refractivity contribution in [1.29, 1.82) is 0 Å². The van der Waals surface area contributed by atoms with Gasteiger partial charge in [-0.15, -0.1) is 0 Å². The molecule has 0 heterocycles. The smallest absolute Gasteiger partial charge is 0.229 e. The van der Waals surface area contributed by atoms with E-state index in [2.05, 4.69) is 5.32 Å². The normalized spacial score (nSPS) is 12.2. The summed E-state index contributed by atoms with van der Waals surface area (Å²) in [5, 5.41) is 11.6. The van der Waals surface area contributed by atoms with Crippen LogP contribution in [-0.4, -0.2) is 31.3 Å². The van der Waals surface area contributed by atoms with Crippen molar-refractivity contribution in [3.05, 3.63) is 29.8 Å². The summed E-state index contributed by atoms with van der Waals surface area (Å²) in [6.45, 7) is 2.37. The van der Waals surface area contributed by atoms with E-state index in [4.69, 9.17) is 9.84 Å². The summed E-state index contributed by atoms with van der Waals surface area (Å²) in [6, 6.07) is 7.46. The molecule has 0 unspecified atom stereocenters. The van der Waals surface area contributed by atoms with E-state index in [0.717, 1.165) is 11.3 Å². The monoisotopic (exact) mass is 237 g/mol. The zero-order valence-electron chi connectivity index (χ0n) is 10.3. The van der Waals surface area contributed by atoms with Gasteiger partial charge in [-0.3, -0.25) is 4.79 Å². The van der Waals surface area contributed by atoms with Crippen molar-refractivity contribution in [2.45, 2.75) is 13.3 Å². The highest BCUT2D eigenvalue weighted by Crippen LogP contribution is 2.11. The third-order valence-electron chi connectivity index (χ3n) is 2.49. The fraction of sp³-hybridized carbons (Fsp3) is 0.462. The van der Waals surface area contributed by atoms with Crippen LogP contribution >= 0.6 is 0 Å². The topological polar surface area (TPSA) is 58.6 Å². The molecule has 1 aromatic carbocycles. The van der Waals surface area contributed by atoms with Crippen molar-refractivity contribution in [1.82, 2.24) is 0 Å². The lowest BCUT2D eigenvalue weighted by Crippen LogP contribution is -2.23. The number of nitrogens with one attached hydrogen (secondary N) is 1. The summed E-state index contributed by atoms with van der Waals surface area (Å²) < 4.78 is 4.92. The van der Waals surface area contributed by atoms with Crippen molar-refractivity contribution in [3.8, 4) is 0 Å². The van der Waals surface area contributed by atoms with E-state index in [1.807, 2.05) is 31.2 Å². The molecule has 0 bridgehead atoms. The van der Waals surface area contributed by atoms with Gasteiger partial charge < -0.3 is 15.2 Å². The number of anilines is 1. The minimum atomic E-state index is -0.169. The van der Waals surface area contributed by atoms with Gasteiger partial charge in [0.15, 0.2) is 0 Å². The van der Waals surface area contributed by atoms with Gasteiger partial charge in [-0.1, -0.05) is 19.1 Å². The fourth-order valence-electron chi connectivity index (χ4n) is 1.47. The quantitative estimate of drug-likeness (QED) is 0.787. The number of methoxy groups -OCH3 is 1. The molecule has 1 atom stereocenters. The Hall–Kier alpha value is -1.39. The van der Waals surface area contributed by atoms with Gasteiger partial charge in [0.05, 0.1) is 12.5 Å². The second-order valence-electron chi connectivity index (χ2n) is 4.02. The number of rotatable bonds is 6. The van der Waals surface area contributed by atoms with E-state index < -0.39 is 0 Å². The maximum atomic E-state index is 11.7. The zero-order chi connectivity index (χ0) is 12.7. The van der Waals surface area contributed by atoms with Gasteiger partial charge in [-0.2, -0.15) is 0 Å². The van der Waals surface area contributed by atoms with Gasteiger partial charge >= 0.3 is 0 Å². The van der Waals surface area contributed by atoms with Gasteiger partial charge in [0.25, 0.3) is 0 Å². The van der Waals surface area contributed by atoms with Crippen molar-refractivity contribution in [2.75, 3.05) is 25.6 Å². The van der Waals surface area contributed by atoms with E-state index in [-0.39, 0.29) is 18.4 Å². The number of aliphatic hydroxyl groups is 1. The third-order valence-corrected chi connectivity index (χ3v) is 2.49. The summed E-state index contributed by atoms with van der Waals surface area (Å²) in [5.74, 6) is -0.223. The number of aliphatic hydroxyl groups excluding tert-OH is 1. The average Bonchev–Trinajstić information content (AvgIpc) is 2.32. The number of carbonyl (C=O) groups excluding carboxylic acids is 1. The van der Waals surface area contributed by atoms with Crippen LogP contribution in [0, 0.1) is 5.92 Å². The Labute approximate surface area is 102 Å². The molecule has 0 spiro atoms. The van der Waals surface area contributed by atoms with Crippen LogP contribution in [0.4, 0.5) is 5.69 Å². The molecule has 0 fully saturated rings. The van der Waals surface area contributed by atoms with E-state index in [9.17, 15) is 4.79 Å². The number of hydrogen-bond acceptors (Lipinski definition) is 3. The van der Waals surface area contributed by atoms with Gasteiger partial charge in [0.1, 0.15) is 0 Å². The lowest BCUT2D eigenvalue weighted by Gasteiger charge is -2.11. The molecular weight excluding hydrogens is 218 g/mol. The molecular formula is C13H19NO3. The van der Waals surface area contributed by atoms with Crippen LogP contribution in [0.2, 0.25) is 0 Å². The van der Waals surface area contributed by atoms with Crippen LogP contribution in [-0.2, 0) is 16.0 Å². The molecule has 0 radical (unpaired) electrons. The highest BCUT2D eigenvalue weighted by molar-refractivity contribution is 5.92. The number of carbonyl (C=O) groups is 1. The molecule has 1 amide bonds. The van der Waals surface area contributed by atoms with Crippen LogP contribution in [0.1, 0.15) is 12.5 Å². The maximum Gasteiger partial charge on any atom is 0.229 e. The van der Waals surface area contributed by atoms with Gasteiger partial charge in [0, 0.05) is 19.4 Å². The van der Waals surface area contributed by atoms with Crippen molar-refractivity contribution < 1.29 is 14.6 Å². The molecule has 0 saturated heterocycles. The molecule has 94 valence electrons. The molecule has 1 rings (SSSR count). The van der Waals surface area contributed by atoms with Gasteiger partial charge in [0.2, 0.25) is 5.91 Å². The second kappa shape index (κ2) is 7.04. The van der Waals surface area contributed by atoms with Crippen LogP contribution in [0.3, 0.4) is 0 Å². The Morgan fingerprint density at radius 3 is 2.59 bits per heavy atom. The van der Waals surface area contributed by atoms with E-state index in [1.165, 1.54) is 0 Å². The molecule has 0 aromatic heterocycles. The van der Waals surface area contributed by atoms with Gasteiger partial charge in [-0.25, -0.2) is 0 Å². The Kier molecular flexibility index (Phi) is 5.66. The minimum Gasteiger partial charge on any atom is -0.396 e. The molecule has 4 heteroatoms. The SMILES string of the molecule is COC[C@@H](C)C(=O)Nc1ccc(CCO)cc1. The molecule has 0 aliphatic rings. The third kappa shape index (κ3) is 4.54. The molecule has 1 aromatic rings. The Morgan fingerprint density at radius 1 is 1.41 bits per heavy atom. The summed E-state index contributed by atoms with van der Waals surface area (Å²) in [4.78, 5) is 11.7. The lowest BCUT2D eigenvalue weighted by atomic mass is 10.1. The fourth-order valence-corrected chi connectivity index (χ4v) is 1.47. The number of ether oxygens (including phenoxy) is 1. The summed E-state index contributed by atoms with van der Waals surface area (Å²) >= 11 is 0. The summed E-state index contributed by atoms with van der Waals surface area (Å²) in [7, 11) is 1.58. The molecule has 0 aliphatic carbocycles. The Bertz CT molecular complexity index is 348. The number of hydrogen-bond donors (Lipinski definition) is 2. The number of benzene rings is 1. The largest absolute Gasteiger partial charge is 0.396 e. The van der Waals surface area contributed by atoms with Crippen LogP contribution < -0.4 is 5.32 Å². The predicted octanol–water partition coefficient (Wildman–Crippen LogP) is 1.44. The molecule has 4 nitrogen and oxygen atoms in total. The van der Waals surface area contributed by atoms with E-state index in [1.54, 1.807) is 7.11 Å². The second-order valence-corrected chi connectivity index (χ2v) is 4.02. The van der Waals surface area contributed by atoms with Gasteiger partial charge in [-0.05, 0) is 24.1 Å². The highest BCUT2D eigenvalue weighted by atomic mass is 16.5. The summed E-state index contributed by atoms with van der Waals surface area (Å²) in [5.41, 5.74) is 1.81.